The van der Waals surface area contributed by atoms with Crippen molar-refractivity contribution in [2.24, 2.45) is 11.7 Å². The van der Waals surface area contributed by atoms with E-state index in [1.54, 1.807) is 12.5 Å². The number of aromatic nitrogens is 2. The molecular formula is C12H20N4. The third-order valence-electron chi connectivity index (χ3n) is 3.54. The molecule has 2 unspecified atom stereocenters. The summed E-state index contributed by atoms with van der Waals surface area (Å²) in [5, 5.41) is 0. The van der Waals surface area contributed by atoms with E-state index in [2.05, 4.69) is 21.9 Å². The minimum absolute atomic E-state index is 0.625. The molecule has 0 saturated heterocycles. The minimum atomic E-state index is 0.625. The van der Waals surface area contributed by atoms with Gasteiger partial charge in [-0.3, -0.25) is 4.90 Å². The molecule has 1 heterocycles. The van der Waals surface area contributed by atoms with Crippen LogP contribution in [0.2, 0.25) is 0 Å². The topological polar surface area (TPSA) is 55.0 Å². The van der Waals surface area contributed by atoms with Gasteiger partial charge in [-0.25, -0.2) is 9.97 Å². The van der Waals surface area contributed by atoms with Gasteiger partial charge in [-0.15, -0.1) is 0 Å². The van der Waals surface area contributed by atoms with Crippen molar-refractivity contribution in [2.75, 3.05) is 13.6 Å². The second-order valence-electron chi connectivity index (χ2n) is 4.61. The van der Waals surface area contributed by atoms with Crippen LogP contribution < -0.4 is 5.73 Å². The summed E-state index contributed by atoms with van der Waals surface area (Å²) in [5.74, 6) is 0.659. The summed E-state index contributed by atoms with van der Waals surface area (Å²) in [5.41, 5.74) is 6.89. The van der Waals surface area contributed by atoms with Crippen molar-refractivity contribution >= 4 is 0 Å². The lowest BCUT2D eigenvalue weighted by molar-refractivity contribution is 0.191. The molecule has 0 bridgehead atoms. The SMILES string of the molecule is CN(Cc1ccncn1)C1CCCC1CN. The molecule has 0 aromatic carbocycles. The molecule has 1 aliphatic rings. The van der Waals surface area contributed by atoms with Crippen LogP contribution in [-0.4, -0.2) is 34.5 Å². The lowest BCUT2D eigenvalue weighted by atomic mass is 10.0. The number of rotatable bonds is 4. The normalized spacial score (nSPS) is 25.2. The van der Waals surface area contributed by atoms with Crippen LogP contribution in [0.15, 0.2) is 18.6 Å². The first-order chi connectivity index (χ1) is 7.81. The summed E-state index contributed by atoms with van der Waals surface area (Å²) in [6.07, 6.45) is 7.25. The molecule has 4 heteroatoms. The summed E-state index contributed by atoms with van der Waals surface area (Å²) in [6, 6.07) is 2.60. The standard InChI is InChI=1S/C12H20N4/c1-16(8-11-5-6-14-9-15-11)12-4-2-3-10(12)7-13/h5-6,9-10,12H,2-4,7-8,13H2,1H3. The maximum Gasteiger partial charge on any atom is 0.115 e. The van der Waals surface area contributed by atoms with E-state index >= 15 is 0 Å². The molecule has 1 aromatic heterocycles. The van der Waals surface area contributed by atoms with E-state index in [1.165, 1.54) is 19.3 Å². The Bertz CT molecular complexity index is 314. The summed E-state index contributed by atoms with van der Waals surface area (Å²) in [7, 11) is 2.17. The van der Waals surface area contributed by atoms with Gasteiger partial charge in [0.15, 0.2) is 0 Å². The van der Waals surface area contributed by atoms with Crippen LogP contribution in [0.1, 0.15) is 25.0 Å². The molecular weight excluding hydrogens is 200 g/mol. The van der Waals surface area contributed by atoms with Gasteiger partial charge in [-0.05, 0) is 38.4 Å². The molecule has 0 spiro atoms. The number of nitrogens with two attached hydrogens (primary N) is 1. The highest BCUT2D eigenvalue weighted by Gasteiger charge is 2.29. The Kier molecular flexibility index (Phi) is 3.85. The van der Waals surface area contributed by atoms with Crippen LogP contribution in [0.4, 0.5) is 0 Å². The molecule has 2 N–H and O–H groups in total. The summed E-state index contributed by atoms with van der Waals surface area (Å²) >= 11 is 0. The fourth-order valence-electron chi connectivity index (χ4n) is 2.66. The van der Waals surface area contributed by atoms with Crippen molar-refractivity contribution < 1.29 is 0 Å². The van der Waals surface area contributed by atoms with E-state index in [9.17, 15) is 0 Å². The zero-order valence-corrected chi connectivity index (χ0v) is 9.84. The van der Waals surface area contributed by atoms with Crippen LogP contribution >= 0.6 is 0 Å². The molecule has 0 radical (unpaired) electrons. The van der Waals surface area contributed by atoms with Gasteiger partial charge < -0.3 is 5.73 Å². The van der Waals surface area contributed by atoms with Crippen LogP contribution in [0.25, 0.3) is 0 Å². The summed E-state index contributed by atoms with van der Waals surface area (Å²) < 4.78 is 0. The Labute approximate surface area is 96.9 Å². The van der Waals surface area contributed by atoms with Crippen molar-refractivity contribution in [2.45, 2.75) is 31.8 Å². The van der Waals surface area contributed by atoms with Gasteiger partial charge in [0.25, 0.3) is 0 Å². The van der Waals surface area contributed by atoms with E-state index in [4.69, 9.17) is 5.73 Å². The predicted molar refractivity (Wildman–Crippen MR) is 63.7 cm³/mol. The van der Waals surface area contributed by atoms with E-state index in [0.717, 1.165) is 18.8 Å². The molecule has 0 amide bonds. The van der Waals surface area contributed by atoms with Crippen molar-refractivity contribution in [3.63, 3.8) is 0 Å². The van der Waals surface area contributed by atoms with Gasteiger partial charge >= 0.3 is 0 Å². The largest absolute Gasteiger partial charge is 0.330 e. The zero-order valence-electron chi connectivity index (χ0n) is 9.84. The molecule has 2 rings (SSSR count). The molecule has 16 heavy (non-hydrogen) atoms. The fraction of sp³-hybridized carbons (Fsp3) is 0.667. The maximum absolute atomic E-state index is 5.80. The zero-order chi connectivity index (χ0) is 11.4. The Hall–Kier alpha value is -1.00. The third-order valence-corrected chi connectivity index (χ3v) is 3.54. The Morgan fingerprint density at radius 3 is 3.06 bits per heavy atom. The summed E-state index contributed by atoms with van der Waals surface area (Å²) in [6.45, 7) is 1.70. The molecule has 1 aliphatic carbocycles. The first-order valence-electron chi connectivity index (χ1n) is 5.96. The number of nitrogens with zero attached hydrogens (tertiary/aromatic N) is 3. The van der Waals surface area contributed by atoms with E-state index in [1.807, 2.05) is 6.07 Å². The van der Waals surface area contributed by atoms with Crippen LogP contribution in [0.3, 0.4) is 0 Å². The average molecular weight is 220 g/mol. The third kappa shape index (κ3) is 2.57. The molecule has 1 aromatic rings. The highest BCUT2D eigenvalue weighted by molar-refractivity contribution is 4.98. The van der Waals surface area contributed by atoms with Crippen molar-refractivity contribution in [1.29, 1.82) is 0 Å². The van der Waals surface area contributed by atoms with Crippen LogP contribution in [-0.2, 0) is 6.54 Å². The monoisotopic (exact) mass is 220 g/mol. The molecule has 1 saturated carbocycles. The van der Waals surface area contributed by atoms with Crippen LogP contribution in [0.5, 0.6) is 0 Å². The highest BCUT2D eigenvalue weighted by atomic mass is 15.1. The van der Waals surface area contributed by atoms with E-state index < -0.39 is 0 Å². The quantitative estimate of drug-likeness (QED) is 0.823. The maximum atomic E-state index is 5.80. The first-order valence-corrected chi connectivity index (χ1v) is 5.96. The van der Waals surface area contributed by atoms with Crippen LogP contribution in [0, 0.1) is 5.92 Å². The smallest absolute Gasteiger partial charge is 0.115 e. The fourth-order valence-corrected chi connectivity index (χ4v) is 2.66. The van der Waals surface area contributed by atoms with Gasteiger partial charge in [0, 0.05) is 18.8 Å². The summed E-state index contributed by atoms with van der Waals surface area (Å²) in [4.78, 5) is 10.6. The lowest BCUT2D eigenvalue weighted by Gasteiger charge is -2.28. The van der Waals surface area contributed by atoms with Gasteiger partial charge in [0.2, 0.25) is 0 Å². The van der Waals surface area contributed by atoms with E-state index in [0.29, 0.717) is 12.0 Å². The number of hydrogen-bond acceptors (Lipinski definition) is 4. The molecule has 88 valence electrons. The Balaban J connectivity index is 1.95. The highest BCUT2D eigenvalue weighted by Crippen LogP contribution is 2.28. The van der Waals surface area contributed by atoms with Gasteiger partial charge in [0.1, 0.15) is 6.33 Å². The molecule has 2 atom stereocenters. The van der Waals surface area contributed by atoms with Gasteiger partial charge in [0.05, 0.1) is 5.69 Å². The van der Waals surface area contributed by atoms with Gasteiger partial charge in [-0.2, -0.15) is 0 Å². The lowest BCUT2D eigenvalue weighted by Crippen LogP contribution is -2.37. The van der Waals surface area contributed by atoms with Gasteiger partial charge in [-0.1, -0.05) is 6.42 Å². The van der Waals surface area contributed by atoms with Crippen molar-refractivity contribution in [3.05, 3.63) is 24.3 Å². The first kappa shape index (κ1) is 11.5. The predicted octanol–water partition coefficient (Wildman–Crippen LogP) is 1.04. The number of hydrogen-bond donors (Lipinski definition) is 1. The second-order valence-corrected chi connectivity index (χ2v) is 4.61. The molecule has 1 fully saturated rings. The molecule has 0 aliphatic heterocycles. The molecule has 4 nitrogen and oxygen atoms in total. The Morgan fingerprint density at radius 1 is 1.50 bits per heavy atom. The van der Waals surface area contributed by atoms with Crippen molar-refractivity contribution in [3.8, 4) is 0 Å². The Morgan fingerprint density at radius 2 is 2.38 bits per heavy atom. The minimum Gasteiger partial charge on any atom is -0.330 e. The van der Waals surface area contributed by atoms with Crippen molar-refractivity contribution in [1.82, 2.24) is 14.9 Å². The average Bonchev–Trinajstić information content (AvgIpc) is 2.78. The van der Waals surface area contributed by atoms with E-state index in [-0.39, 0.29) is 0 Å². The second kappa shape index (κ2) is 5.37.